The van der Waals surface area contributed by atoms with E-state index in [9.17, 15) is 13.2 Å². The first kappa shape index (κ1) is 21.7. The number of nitrogens with zero attached hydrogens (tertiary/aromatic N) is 7. The van der Waals surface area contributed by atoms with Crippen molar-refractivity contribution in [1.29, 1.82) is 0 Å². The molecule has 0 aliphatic heterocycles. The lowest BCUT2D eigenvalue weighted by molar-refractivity contribution is -0.140. The molecule has 4 heterocycles. The van der Waals surface area contributed by atoms with Crippen LogP contribution in [-0.2, 0) is 18.2 Å². The van der Waals surface area contributed by atoms with Gasteiger partial charge in [0.1, 0.15) is 11.6 Å². The molecule has 0 aliphatic rings. The maximum absolute atomic E-state index is 12.5. The van der Waals surface area contributed by atoms with Crippen LogP contribution in [0.15, 0.2) is 42.9 Å². The van der Waals surface area contributed by atoms with Crippen LogP contribution < -0.4 is 5.32 Å². The summed E-state index contributed by atoms with van der Waals surface area (Å²) in [5.41, 5.74) is 2.03. The molecule has 32 heavy (non-hydrogen) atoms. The van der Waals surface area contributed by atoms with Gasteiger partial charge >= 0.3 is 6.18 Å². The van der Waals surface area contributed by atoms with Gasteiger partial charge in [-0.25, -0.2) is 9.97 Å². The fraction of sp³-hybridized carbons (Fsp3) is 0.350. The third-order valence-electron chi connectivity index (χ3n) is 4.99. The van der Waals surface area contributed by atoms with E-state index in [1.807, 2.05) is 18.2 Å². The number of pyridine rings is 1. The van der Waals surface area contributed by atoms with Gasteiger partial charge in [-0.05, 0) is 24.6 Å². The van der Waals surface area contributed by atoms with Crippen LogP contribution in [0.3, 0.4) is 0 Å². The summed E-state index contributed by atoms with van der Waals surface area (Å²) in [7, 11) is 3.20. The van der Waals surface area contributed by atoms with Crippen LogP contribution in [0.1, 0.15) is 18.7 Å². The van der Waals surface area contributed by atoms with Gasteiger partial charge in [0.2, 0.25) is 5.95 Å². The van der Waals surface area contributed by atoms with Crippen molar-refractivity contribution in [1.82, 2.24) is 34.3 Å². The molecular formula is C20H21F3N8O. The van der Waals surface area contributed by atoms with Crippen molar-refractivity contribution < 1.29 is 17.9 Å². The molecule has 12 heteroatoms. The van der Waals surface area contributed by atoms with E-state index in [1.54, 1.807) is 40.8 Å². The zero-order valence-corrected chi connectivity index (χ0v) is 17.4. The molecule has 0 unspecified atom stereocenters. The summed E-state index contributed by atoms with van der Waals surface area (Å²) in [5.74, 6) is 1.69. The largest absolute Gasteiger partial charge is 0.389 e. The number of aryl methyl sites for hydroxylation is 1. The Hall–Kier alpha value is -3.54. The lowest BCUT2D eigenvalue weighted by atomic mass is 10.1. The van der Waals surface area contributed by atoms with Crippen molar-refractivity contribution in [2.45, 2.75) is 31.5 Å². The molecule has 4 rings (SSSR count). The van der Waals surface area contributed by atoms with E-state index in [2.05, 4.69) is 30.6 Å². The maximum atomic E-state index is 12.5. The Labute approximate surface area is 181 Å². The number of ether oxygens (including phenoxy) is 1. The Morgan fingerprint density at radius 3 is 2.72 bits per heavy atom. The summed E-state index contributed by atoms with van der Waals surface area (Å²) in [5, 5.41) is 15.5. The van der Waals surface area contributed by atoms with Gasteiger partial charge in [0.05, 0.1) is 18.0 Å². The van der Waals surface area contributed by atoms with Gasteiger partial charge in [-0.15, -0.1) is 10.2 Å². The van der Waals surface area contributed by atoms with Crippen LogP contribution in [0.2, 0.25) is 0 Å². The second kappa shape index (κ2) is 8.91. The summed E-state index contributed by atoms with van der Waals surface area (Å²) in [6.07, 6.45) is -0.571. The Kier molecular flexibility index (Phi) is 6.04. The summed E-state index contributed by atoms with van der Waals surface area (Å²) in [6, 6.07) is 7.23. The van der Waals surface area contributed by atoms with Crippen molar-refractivity contribution in [3.05, 3.63) is 48.7 Å². The molecule has 0 aliphatic carbocycles. The first-order valence-electron chi connectivity index (χ1n) is 9.84. The minimum Gasteiger partial charge on any atom is -0.381 e. The van der Waals surface area contributed by atoms with E-state index < -0.39 is 18.7 Å². The van der Waals surface area contributed by atoms with Crippen LogP contribution in [0.4, 0.5) is 24.9 Å². The molecule has 168 valence electrons. The van der Waals surface area contributed by atoms with Gasteiger partial charge in [-0.3, -0.25) is 9.08 Å². The third-order valence-corrected chi connectivity index (χ3v) is 4.99. The van der Waals surface area contributed by atoms with Crippen molar-refractivity contribution in [2.75, 3.05) is 12.4 Å². The highest BCUT2D eigenvalue weighted by molar-refractivity contribution is 5.65. The SMILES string of the molecule is CO[C@H](CCC(F)(F)F)Cc1nnc2cc(-c3ccnc(Nc4ccnn4C)n3)ccn12. The van der Waals surface area contributed by atoms with E-state index in [0.717, 1.165) is 11.4 Å². The summed E-state index contributed by atoms with van der Waals surface area (Å²) >= 11 is 0. The first-order chi connectivity index (χ1) is 15.3. The number of alkyl halides is 3. The van der Waals surface area contributed by atoms with Crippen LogP contribution in [-0.4, -0.2) is 53.7 Å². The van der Waals surface area contributed by atoms with Gasteiger partial charge in [-0.1, -0.05) is 0 Å². The first-order valence-corrected chi connectivity index (χ1v) is 9.84. The molecule has 0 radical (unpaired) electrons. The van der Waals surface area contributed by atoms with Gasteiger partial charge in [-0.2, -0.15) is 18.3 Å². The minimum absolute atomic E-state index is 0.139. The van der Waals surface area contributed by atoms with Crippen molar-refractivity contribution in [3.8, 4) is 11.3 Å². The lowest BCUT2D eigenvalue weighted by Gasteiger charge is -2.15. The summed E-state index contributed by atoms with van der Waals surface area (Å²) in [6.45, 7) is 0. The number of hydrogen-bond acceptors (Lipinski definition) is 7. The second-order valence-corrected chi connectivity index (χ2v) is 7.21. The average Bonchev–Trinajstić information content (AvgIpc) is 3.36. The predicted molar refractivity (Wildman–Crippen MR) is 110 cm³/mol. The zero-order chi connectivity index (χ0) is 22.7. The standard InChI is InChI=1S/C20H21F3N8O/c1-30-16(5-9-25-30)27-19-24-8-4-15(26-19)13-6-10-31-17(11-13)28-29-18(31)12-14(32-2)3-7-20(21,22)23/h4-6,8-11,14H,3,7,12H2,1-2H3,(H,24,26,27)/t14-/m1/s1. The van der Waals surface area contributed by atoms with Crippen molar-refractivity contribution in [2.24, 2.45) is 7.05 Å². The second-order valence-electron chi connectivity index (χ2n) is 7.21. The summed E-state index contributed by atoms with van der Waals surface area (Å²) < 4.78 is 46.2. The highest BCUT2D eigenvalue weighted by Crippen LogP contribution is 2.25. The number of rotatable bonds is 8. The average molecular weight is 446 g/mol. The summed E-state index contributed by atoms with van der Waals surface area (Å²) in [4.78, 5) is 8.77. The number of fused-ring (bicyclic) bond motifs is 1. The molecule has 9 nitrogen and oxygen atoms in total. The Morgan fingerprint density at radius 1 is 1.16 bits per heavy atom. The number of halogens is 3. The molecule has 0 saturated heterocycles. The predicted octanol–water partition coefficient (Wildman–Crippen LogP) is 3.56. The number of anilines is 2. The zero-order valence-electron chi connectivity index (χ0n) is 17.4. The van der Waals surface area contributed by atoms with Gasteiger partial charge in [0.25, 0.3) is 0 Å². The van der Waals surface area contributed by atoms with Gasteiger partial charge < -0.3 is 10.1 Å². The Morgan fingerprint density at radius 2 is 2.00 bits per heavy atom. The van der Waals surface area contributed by atoms with Crippen LogP contribution in [0.5, 0.6) is 0 Å². The quantitative estimate of drug-likeness (QED) is 0.442. The molecule has 1 N–H and O–H groups in total. The van der Waals surface area contributed by atoms with Crippen molar-refractivity contribution >= 4 is 17.4 Å². The number of nitrogens with one attached hydrogen (secondary N) is 1. The highest BCUT2D eigenvalue weighted by Gasteiger charge is 2.29. The molecule has 0 amide bonds. The monoisotopic (exact) mass is 446 g/mol. The number of hydrogen-bond donors (Lipinski definition) is 1. The van der Waals surface area contributed by atoms with Crippen molar-refractivity contribution in [3.63, 3.8) is 0 Å². The molecule has 0 saturated carbocycles. The Bertz CT molecular complexity index is 1200. The van der Waals surface area contributed by atoms with E-state index in [1.165, 1.54) is 7.11 Å². The van der Waals surface area contributed by atoms with E-state index >= 15 is 0 Å². The van der Waals surface area contributed by atoms with Crippen LogP contribution in [0.25, 0.3) is 16.9 Å². The topological polar surface area (TPSA) is 95.0 Å². The lowest BCUT2D eigenvalue weighted by Crippen LogP contribution is -2.19. The third kappa shape index (κ3) is 5.02. The molecular weight excluding hydrogens is 425 g/mol. The Balaban J connectivity index is 1.53. The number of methoxy groups -OCH3 is 1. The normalized spacial score (nSPS) is 12.9. The van der Waals surface area contributed by atoms with Gasteiger partial charge in [0, 0.05) is 51.0 Å². The smallest absolute Gasteiger partial charge is 0.381 e. The molecule has 0 fully saturated rings. The molecule has 4 aromatic rings. The molecule has 0 bridgehead atoms. The molecule has 4 aromatic heterocycles. The van der Waals surface area contributed by atoms with E-state index in [4.69, 9.17) is 4.74 Å². The van der Waals surface area contributed by atoms with E-state index in [0.29, 0.717) is 23.1 Å². The van der Waals surface area contributed by atoms with Gasteiger partial charge in [0.15, 0.2) is 5.65 Å². The molecule has 1 atom stereocenters. The minimum atomic E-state index is -4.22. The highest BCUT2D eigenvalue weighted by atomic mass is 19.4. The molecule has 0 spiro atoms. The fourth-order valence-corrected chi connectivity index (χ4v) is 3.26. The van der Waals surface area contributed by atoms with E-state index in [-0.39, 0.29) is 12.8 Å². The van der Waals surface area contributed by atoms with Crippen LogP contribution >= 0.6 is 0 Å². The van der Waals surface area contributed by atoms with Crippen LogP contribution in [0, 0.1) is 0 Å². The maximum Gasteiger partial charge on any atom is 0.389 e. The number of aromatic nitrogens is 7. The molecule has 0 aromatic carbocycles. The fourth-order valence-electron chi connectivity index (χ4n) is 3.26.